The van der Waals surface area contributed by atoms with Crippen molar-refractivity contribution in [2.75, 3.05) is 48.6 Å². The maximum absolute atomic E-state index is 12.1. The molecule has 9 heteroatoms. The molecule has 0 atom stereocenters. The van der Waals surface area contributed by atoms with Crippen LogP contribution < -0.4 is 10.2 Å². The second-order valence-electron chi connectivity index (χ2n) is 10.8. The van der Waals surface area contributed by atoms with E-state index < -0.39 is 20.0 Å². The Labute approximate surface area is 238 Å². The summed E-state index contributed by atoms with van der Waals surface area (Å²) in [5.74, 6) is 0.125. The Morgan fingerprint density at radius 3 is 1.97 bits per heavy atom. The first-order valence-corrected chi connectivity index (χ1v) is 17.6. The van der Waals surface area contributed by atoms with Gasteiger partial charge in [0, 0.05) is 38.3 Å². The quantitative estimate of drug-likeness (QED) is 0.163. The van der Waals surface area contributed by atoms with Crippen LogP contribution in [0.2, 0.25) is 0 Å². The fraction of sp³-hybridized carbons (Fsp3) is 0.600. The number of anilines is 2. The Hall–Kier alpha value is -2.10. The minimum atomic E-state index is -3.82. The summed E-state index contributed by atoms with van der Waals surface area (Å²) in [4.78, 5) is 2.11. The Balaban J connectivity index is 0.000000457. The number of sulfone groups is 1. The fourth-order valence-electron chi connectivity index (χ4n) is 4.69. The molecule has 2 aromatic rings. The molecule has 2 rings (SSSR count). The zero-order valence-electron chi connectivity index (χ0n) is 24.5. The molecule has 0 fully saturated rings. The van der Waals surface area contributed by atoms with Crippen LogP contribution in [0.4, 0.5) is 11.4 Å². The van der Waals surface area contributed by atoms with Crippen molar-refractivity contribution < 1.29 is 21.4 Å². The van der Waals surface area contributed by atoms with E-state index in [9.17, 15) is 16.8 Å². The van der Waals surface area contributed by atoms with Crippen molar-refractivity contribution >= 4 is 31.3 Å². The summed E-state index contributed by atoms with van der Waals surface area (Å²) < 4.78 is 53.4. The standard InChI is InChI=1S/C21H37NO2S.C9H13NO3S/c1-6-8-14-21(15-9-7-2,18-25(5,23)24)16-13-19-11-10-12-20(17-19)22(3)4;11-14(12,13)8-4-7-10-9-5-2-1-3-6-9/h10-12,17H,6-9,13-16,18H2,1-5H3;1-3,5-6,10H,4,7-8H2,(H,11,12,13). The van der Waals surface area contributed by atoms with Crippen LogP contribution in [0.25, 0.3) is 0 Å². The Bertz CT molecular complexity index is 1140. The number of nitrogens with one attached hydrogen (secondary N) is 1. The lowest BCUT2D eigenvalue weighted by Gasteiger charge is -2.34. The van der Waals surface area contributed by atoms with Gasteiger partial charge >= 0.3 is 0 Å². The molecule has 0 saturated heterocycles. The Morgan fingerprint density at radius 2 is 1.46 bits per heavy atom. The van der Waals surface area contributed by atoms with Crippen molar-refractivity contribution in [2.24, 2.45) is 5.41 Å². The molecule has 0 spiro atoms. The minimum Gasteiger partial charge on any atom is -0.385 e. The third kappa shape index (κ3) is 16.6. The first kappa shape index (κ1) is 34.9. The highest BCUT2D eigenvalue weighted by molar-refractivity contribution is 7.90. The molecular formula is C30H50N2O5S2. The largest absolute Gasteiger partial charge is 0.385 e. The summed E-state index contributed by atoms with van der Waals surface area (Å²) in [5.41, 5.74) is 3.38. The third-order valence-electron chi connectivity index (χ3n) is 6.74. The van der Waals surface area contributed by atoms with Crippen molar-refractivity contribution in [2.45, 2.75) is 71.6 Å². The van der Waals surface area contributed by atoms with Crippen LogP contribution in [0.3, 0.4) is 0 Å². The van der Waals surface area contributed by atoms with Gasteiger partial charge in [0.05, 0.1) is 11.5 Å². The molecule has 7 nitrogen and oxygen atoms in total. The lowest BCUT2D eigenvalue weighted by atomic mass is 9.75. The van der Waals surface area contributed by atoms with Crippen molar-refractivity contribution in [3.05, 3.63) is 60.2 Å². The highest BCUT2D eigenvalue weighted by Crippen LogP contribution is 2.38. The number of rotatable bonds is 17. The average Bonchev–Trinajstić information content (AvgIpc) is 2.87. The lowest BCUT2D eigenvalue weighted by Crippen LogP contribution is -2.31. The Morgan fingerprint density at radius 1 is 0.846 bits per heavy atom. The number of benzene rings is 2. The molecule has 0 aliphatic rings. The molecule has 39 heavy (non-hydrogen) atoms. The number of hydrogen-bond acceptors (Lipinski definition) is 6. The molecule has 222 valence electrons. The summed E-state index contributed by atoms with van der Waals surface area (Å²) in [6.45, 7) is 4.90. The van der Waals surface area contributed by atoms with E-state index in [2.05, 4.69) is 62.4 Å². The zero-order chi connectivity index (χ0) is 29.4. The molecule has 0 unspecified atom stereocenters. The highest BCUT2D eigenvalue weighted by atomic mass is 32.2. The number of aryl methyl sites for hydroxylation is 1. The van der Waals surface area contributed by atoms with Gasteiger partial charge in [0.1, 0.15) is 9.84 Å². The predicted octanol–water partition coefficient (Wildman–Crippen LogP) is 6.47. The molecule has 0 bridgehead atoms. The van der Waals surface area contributed by atoms with E-state index in [1.807, 2.05) is 30.3 Å². The van der Waals surface area contributed by atoms with Crippen molar-refractivity contribution in [1.29, 1.82) is 0 Å². The van der Waals surface area contributed by atoms with E-state index in [0.717, 1.165) is 57.1 Å². The van der Waals surface area contributed by atoms with Crippen molar-refractivity contribution in [3.63, 3.8) is 0 Å². The smallest absolute Gasteiger partial charge is 0.264 e. The SMILES string of the molecule is CCCCC(CCCC)(CCc1cccc(N(C)C)c1)CS(C)(=O)=O.O=S(=O)(O)CCCNc1ccccc1. The van der Waals surface area contributed by atoms with Gasteiger partial charge < -0.3 is 10.2 Å². The summed E-state index contributed by atoms with van der Waals surface area (Å²) in [7, 11) is -2.69. The predicted molar refractivity (Wildman–Crippen MR) is 166 cm³/mol. The lowest BCUT2D eigenvalue weighted by molar-refractivity contribution is 0.239. The molecule has 0 saturated carbocycles. The average molecular weight is 583 g/mol. The molecular weight excluding hydrogens is 532 g/mol. The van der Waals surface area contributed by atoms with E-state index in [1.54, 1.807) is 0 Å². The number of nitrogens with zero attached hydrogens (tertiary/aromatic N) is 1. The van der Waals surface area contributed by atoms with Crippen LogP contribution in [0.15, 0.2) is 54.6 Å². The van der Waals surface area contributed by atoms with Gasteiger partial charge in [0.2, 0.25) is 0 Å². The van der Waals surface area contributed by atoms with Crippen molar-refractivity contribution in [1.82, 2.24) is 0 Å². The number of hydrogen-bond donors (Lipinski definition) is 2. The van der Waals surface area contributed by atoms with Gasteiger partial charge in [-0.25, -0.2) is 8.42 Å². The van der Waals surface area contributed by atoms with Gasteiger partial charge in [0.15, 0.2) is 0 Å². The highest BCUT2D eigenvalue weighted by Gasteiger charge is 2.32. The monoisotopic (exact) mass is 582 g/mol. The van der Waals surface area contributed by atoms with Gasteiger partial charge in [-0.05, 0) is 67.3 Å². The summed E-state index contributed by atoms with van der Waals surface area (Å²) in [6, 6.07) is 18.1. The van der Waals surface area contributed by atoms with Gasteiger partial charge in [0.25, 0.3) is 10.1 Å². The Kier molecular flexibility index (Phi) is 15.7. The van der Waals surface area contributed by atoms with Gasteiger partial charge in [-0.3, -0.25) is 4.55 Å². The molecule has 0 amide bonds. The molecule has 0 radical (unpaired) electrons. The molecule has 0 aromatic heterocycles. The first-order valence-electron chi connectivity index (χ1n) is 14.0. The van der Waals surface area contributed by atoms with Crippen LogP contribution in [0.5, 0.6) is 0 Å². The van der Waals surface area contributed by atoms with Gasteiger partial charge in [-0.15, -0.1) is 0 Å². The summed E-state index contributed by atoms with van der Waals surface area (Å²) in [6.07, 6.45) is 10.2. The molecule has 2 N–H and O–H groups in total. The van der Waals surface area contributed by atoms with Crippen LogP contribution in [-0.2, 0) is 26.4 Å². The second kappa shape index (κ2) is 17.6. The molecule has 0 heterocycles. The third-order valence-corrected chi connectivity index (χ3v) is 8.68. The second-order valence-corrected chi connectivity index (χ2v) is 14.5. The van der Waals surface area contributed by atoms with Crippen LogP contribution >= 0.6 is 0 Å². The van der Waals surface area contributed by atoms with Crippen molar-refractivity contribution in [3.8, 4) is 0 Å². The topological polar surface area (TPSA) is 104 Å². The first-order chi connectivity index (χ1) is 18.3. The number of unbranched alkanes of at least 4 members (excludes halogenated alkanes) is 2. The molecule has 0 aliphatic carbocycles. The zero-order valence-corrected chi connectivity index (χ0v) is 26.2. The summed E-state index contributed by atoms with van der Waals surface area (Å²) in [5, 5.41) is 3.04. The maximum Gasteiger partial charge on any atom is 0.264 e. The van der Waals surface area contributed by atoms with E-state index in [1.165, 1.54) is 17.5 Å². The normalized spacial score (nSPS) is 11.9. The van der Waals surface area contributed by atoms with E-state index in [4.69, 9.17) is 4.55 Å². The number of para-hydroxylation sites is 1. The summed E-state index contributed by atoms with van der Waals surface area (Å²) >= 11 is 0. The van der Waals surface area contributed by atoms with Crippen LogP contribution in [0.1, 0.15) is 70.8 Å². The fourth-order valence-corrected chi connectivity index (χ4v) is 6.75. The van der Waals surface area contributed by atoms with Gasteiger partial charge in [-0.1, -0.05) is 69.9 Å². The van der Waals surface area contributed by atoms with E-state index in [0.29, 0.717) is 18.7 Å². The van der Waals surface area contributed by atoms with E-state index >= 15 is 0 Å². The maximum atomic E-state index is 12.1. The van der Waals surface area contributed by atoms with Crippen LogP contribution in [-0.4, -0.2) is 59.8 Å². The van der Waals surface area contributed by atoms with Gasteiger partial charge in [-0.2, -0.15) is 8.42 Å². The van der Waals surface area contributed by atoms with Crippen LogP contribution in [0, 0.1) is 5.41 Å². The minimum absolute atomic E-state index is 0.0757. The molecule has 0 aliphatic heterocycles. The van der Waals surface area contributed by atoms with E-state index in [-0.39, 0.29) is 11.2 Å². The molecule has 2 aromatic carbocycles.